The zero-order valence-electron chi connectivity index (χ0n) is 18.1. The zero-order valence-corrected chi connectivity index (χ0v) is 18.1. The Kier molecular flexibility index (Phi) is 7.14. The number of pyridine rings is 1. The van der Waals surface area contributed by atoms with E-state index < -0.39 is 59.2 Å². The predicted molar refractivity (Wildman–Crippen MR) is 108 cm³/mol. The van der Waals surface area contributed by atoms with Gasteiger partial charge >= 0.3 is 18.5 Å². The number of primary amides is 1. The second-order valence-corrected chi connectivity index (χ2v) is 7.28. The van der Waals surface area contributed by atoms with Crippen LogP contribution in [0.1, 0.15) is 23.9 Å². The van der Waals surface area contributed by atoms with Crippen LogP contribution in [0.3, 0.4) is 0 Å². The molecule has 3 N–H and O–H groups in total. The van der Waals surface area contributed by atoms with Crippen LogP contribution >= 0.6 is 0 Å². The number of hydrogen-bond acceptors (Lipinski definition) is 7. The van der Waals surface area contributed by atoms with Crippen LogP contribution in [0.15, 0.2) is 30.9 Å². The predicted octanol–water partition coefficient (Wildman–Crippen LogP) is 4.01. The van der Waals surface area contributed by atoms with Crippen molar-refractivity contribution in [3.05, 3.63) is 47.8 Å². The monoisotopic (exact) mass is 540 g/mol. The molecule has 3 rings (SSSR count). The minimum atomic E-state index is -5.20. The van der Waals surface area contributed by atoms with Crippen molar-refractivity contribution in [2.75, 3.05) is 5.32 Å². The van der Waals surface area contributed by atoms with Gasteiger partial charge in [-0.3, -0.25) is 4.79 Å². The Morgan fingerprint density at radius 1 is 0.973 bits per heavy atom. The van der Waals surface area contributed by atoms with Crippen molar-refractivity contribution < 1.29 is 44.3 Å². The fourth-order valence-corrected chi connectivity index (χ4v) is 2.65. The van der Waals surface area contributed by atoms with E-state index in [1.54, 1.807) is 0 Å². The summed E-state index contributed by atoms with van der Waals surface area (Å²) < 4.78 is 117. The molecule has 0 bridgehead atoms. The number of amides is 1. The van der Waals surface area contributed by atoms with E-state index in [0.29, 0.717) is 12.1 Å². The topological polar surface area (TPSA) is 125 Å². The number of carbonyl (C=O) groups excluding carboxylic acids is 1. The van der Waals surface area contributed by atoms with E-state index in [1.165, 1.54) is 0 Å². The summed E-state index contributed by atoms with van der Waals surface area (Å²) in [6.07, 6.45) is -11.3. The molecule has 198 valence electrons. The zero-order chi connectivity index (χ0) is 27.8. The van der Waals surface area contributed by atoms with Crippen LogP contribution in [-0.2, 0) is 17.1 Å². The average Bonchev–Trinajstić information content (AvgIpc) is 3.24. The van der Waals surface area contributed by atoms with Gasteiger partial charge in [-0.2, -0.15) is 39.5 Å². The summed E-state index contributed by atoms with van der Waals surface area (Å²) in [4.78, 5) is 25.5. The molecule has 18 heteroatoms. The molecule has 0 saturated carbocycles. The summed E-state index contributed by atoms with van der Waals surface area (Å²) in [6, 6.07) is -1.36. The van der Waals surface area contributed by atoms with E-state index >= 15 is 0 Å². The first-order chi connectivity index (χ1) is 16.9. The lowest BCUT2D eigenvalue weighted by Crippen LogP contribution is -2.33. The van der Waals surface area contributed by atoms with Gasteiger partial charge in [0.1, 0.15) is 23.8 Å². The first kappa shape index (κ1) is 27.3. The van der Waals surface area contributed by atoms with Crippen molar-refractivity contribution in [2.45, 2.75) is 31.5 Å². The van der Waals surface area contributed by atoms with Crippen LogP contribution in [0.5, 0.6) is 0 Å². The first-order valence-corrected chi connectivity index (χ1v) is 9.70. The molecule has 0 spiro atoms. The van der Waals surface area contributed by atoms with E-state index in [4.69, 9.17) is 5.73 Å². The second kappa shape index (κ2) is 9.66. The number of carbonyl (C=O) groups is 1. The van der Waals surface area contributed by atoms with Gasteiger partial charge in [0.05, 0.1) is 5.57 Å². The molecule has 0 aliphatic heterocycles. The summed E-state index contributed by atoms with van der Waals surface area (Å²) in [5.41, 5.74) is 0.541. The Labute approximate surface area is 200 Å². The van der Waals surface area contributed by atoms with Crippen LogP contribution in [0, 0.1) is 0 Å². The molecule has 0 fully saturated rings. The van der Waals surface area contributed by atoms with E-state index in [-0.39, 0.29) is 11.1 Å². The van der Waals surface area contributed by atoms with Crippen molar-refractivity contribution in [3.63, 3.8) is 0 Å². The Balaban J connectivity index is 1.95. The highest BCUT2D eigenvalue weighted by Gasteiger charge is 2.39. The molecule has 9 nitrogen and oxygen atoms in total. The van der Waals surface area contributed by atoms with E-state index in [1.807, 2.05) is 5.32 Å². The number of rotatable bonds is 6. The molecule has 0 radical (unpaired) electrons. The Morgan fingerprint density at radius 2 is 1.51 bits per heavy atom. The maximum absolute atomic E-state index is 13.1. The van der Waals surface area contributed by atoms with Crippen LogP contribution in [0.2, 0.25) is 0 Å². The van der Waals surface area contributed by atoms with Crippen molar-refractivity contribution in [3.8, 4) is 11.4 Å². The maximum atomic E-state index is 13.1. The summed E-state index contributed by atoms with van der Waals surface area (Å²) in [5, 5.41) is 5.74. The fourth-order valence-electron chi connectivity index (χ4n) is 2.65. The quantitative estimate of drug-likeness (QED) is 0.358. The van der Waals surface area contributed by atoms with Gasteiger partial charge < -0.3 is 11.1 Å². The third kappa shape index (κ3) is 6.70. The van der Waals surface area contributed by atoms with Gasteiger partial charge in [0.2, 0.25) is 5.95 Å². The van der Waals surface area contributed by atoms with Gasteiger partial charge in [-0.05, 0) is 19.1 Å². The molecule has 3 aromatic rings. The SMILES string of the molecule is C[C@@H](Nc1ncc(/C(=C\n2cnc(-c3cc(C(F)(F)F)nc(C(F)(F)F)c3)n2)C(N)=O)cn1)C(F)(F)F. The van der Waals surface area contributed by atoms with Crippen molar-refractivity contribution in [1.29, 1.82) is 0 Å². The number of halogens is 9. The van der Waals surface area contributed by atoms with Crippen LogP contribution in [-0.4, -0.2) is 47.8 Å². The highest BCUT2D eigenvalue weighted by molar-refractivity contribution is 6.22. The molecule has 0 aromatic carbocycles. The van der Waals surface area contributed by atoms with Gasteiger partial charge in [-0.25, -0.2) is 24.6 Å². The molecular weight excluding hydrogens is 527 g/mol. The van der Waals surface area contributed by atoms with Gasteiger partial charge in [0.25, 0.3) is 5.91 Å². The number of hydrogen-bond donors (Lipinski definition) is 2. The molecule has 0 aliphatic rings. The number of nitrogens with zero attached hydrogens (tertiary/aromatic N) is 6. The minimum Gasteiger partial charge on any atom is -0.366 e. The standard InChI is InChI=1S/C19H13F9N8O/c1-8(17(20,21)22)33-16-30-4-10(5-31-16)11(14(29)37)6-36-7-32-15(35-36)9-2-12(18(23,24)25)34-13(3-9)19(26,27)28/h2-8H,1H3,(H2,29,37)(H,30,31,33)/b11-6+/t8-/m1/s1. The maximum Gasteiger partial charge on any atom is 0.433 e. The lowest BCUT2D eigenvalue weighted by atomic mass is 10.1. The summed E-state index contributed by atoms with van der Waals surface area (Å²) in [6.45, 7) is 0.826. The number of aromatic nitrogens is 6. The lowest BCUT2D eigenvalue weighted by Gasteiger charge is -2.16. The molecular formula is C19H13F9N8O. The second-order valence-electron chi connectivity index (χ2n) is 7.28. The number of alkyl halides is 9. The molecule has 3 heterocycles. The molecule has 0 aliphatic carbocycles. The smallest absolute Gasteiger partial charge is 0.366 e. The Bertz CT molecular complexity index is 1280. The highest BCUT2D eigenvalue weighted by Crippen LogP contribution is 2.35. The molecule has 0 unspecified atom stereocenters. The van der Waals surface area contributed by atoms with Gasteiger partial charge in [-0.1, -0.05) is 0 Å². The molecule has 1 amide bonds. The Morgan fingerprint density at radius 3 is 1.97 bits per heavy atom. The molecule has 0 saturated heterocycles. The number of nitrogens with two attached hydrogens (primary N) is 1. The van der Waals surface area contributed by atoms with Gasteiger partial charge in [0.15, 0.2) is 5.82 Å². The normalized spacial score (nSPS) is 13.9. The highest BCUT2D eigenvalue weighted by atomic mass is 19.4. The third-order valence-electron chi connectivity index (χ3n) is 4.50. The minimum absolute atomic E-state index is 0.0858. The molecule has 37 heavy (non-hydrogen) atoms. The van der Waals surface area contributed by atoms with Gasteiger partial charge in [0, 0.05) is 29.7 Å². The van der Waals surface area contributed by atoms with E-state index in [2.05, 4.69) is 25.0 Å². The summed E-state index contributed by atoms with van der Waals surface area (Å²) in [7, 11) is 0. The molecule has 3 aromatic heterocycles. The van der Waals surface area contributed by atoms with Crippen LogP contribution < -0.4 is 11.1 Å². The fraction of sp³-hybridized carbons (Fsp3) is 0.263. The number of anilines is 1. The third-order valence-corrected chi connectivity index (χ3v) is 4.50. The largest absolute Gasteiger partial charge is 0.433 e. The first-order valence-electron chi connectivity index (χ1n) is 9.70. The van der Waals surface area contributed by atoms with Crippen molar-refractivity contribution in [1.82, 2.24) is 29.7 Å². The van der Waals surface area contributed by atoms with Crippen LogP contribution in [0.25, 0.3) is 23.2 Å². The van der Waals surface area contributed by atoms with Crippen molar-refractivity contribution >= 4 is 23.6 Å². The summed E-state index contributed by atoms with van der Waals surface area (Å²) in [5.74, 6) is -2.08. The van der Waals surface area contributed by atoms with E-state index in [9.17, 15) is 44.3 Å². The number of nitrogens with one attached hydrogen (secondary N) is 1. The Hall–Kier alpha value is -4.25. The van der Waals surface area contributed by atoms with Crippen LogP contribution in [0.4, 0.5) is 45.5 Å². The average molecular weight is 540 g/mol. The lowest BCUT2D eigenvalue weighted by molar-refractivity contribution is -0.150. The van der Waals surface area contributed by atoms with Crippen molar-refractivity contribution in [2.24, 2.45) is 5.73 Å². The van der Waals surface area contributed by atoms with Gasteiger partial charge in [-0.15, -0.1) is 5.10 Å². The van der Waals surface area contributed by atoms with E-state index in [0.717, 1.165) is 36.5 Å². The summed E-state index contributed by atoms with van der Waals surface area (Å²) >= 11 is 0. The molecule has 1 atom stereocenters.